The lowest BCUT2D eigenvalue weighted by molar-refractivity contribution is 0.584. The molecule has 1 saturated heterocycles. The van der Waals surface area contributed by atoms with Crippen LogP contribution in [-0.2, 0) is 0 Å². The van der Waals surface area contributed by atoms with E-state index < -0.39 is 5.95 Å². The van der Waals surface area contributed by atoms with E-state index in [1.807, 2.05) is 0 Å². The zero-order chi connectivity index (χ0) is 9.52. The van der Waals surface area contributed by atoms with Gasteiger partial charge >= 0.3 is 0 Å². The molecule has 3 N–H and O–H groups in total. The Bertz CT molecular complexity index is 222. The van der Waals surface area contributed by atoms with Crippen molar-refractivity contribution in [3.05, 3.63) is 30.3 Å². The standard InChI is InChI=1S/C5H4FN.C4H10N2/c6-5-3-1-2-4-7-5;5-4-1-2-6-3-4/h1-4H;4,6H,1-3,5H2/t;4-/m.0/s1. The van der Waals surface area contributed by atoms with E-state index >= 15 is 0 Å². The van der Waals surface area contributed by atoms with Crippen LogP contribution < -0.4 is 11.1 Å². The molecule has 1 aliphatic heterocycles. The highest BCUT2D eigenvalue weighted by Crippen LogP contribution is 1.90. The monoisotopic (exact) mass is 183 g/mol. The first-order valence-electron chi connectivity index (χ1n) is 4.32. The maximum atomic E-state index is 11.8. The first-order valence-corrected chi connectivity index (χ1v) is 4.32. The van der Waals surface area contributed by atoms with Crippen molar-refractivity contribution in [1.82, 2.24) is 10.3 Å². The SMILES string of the molecule is Fc1ccccn1.N[C@H]1CCNC1. The average Bonchev–Trinajstić information content (AvgIpc) is 2.58. The summed E-state index contributed by atoms with van der Waals surface area (Å²) in [5, 5.41) is 3.15. The Morgan fingerprint density at radius 2 is 2.38 bits per heavy atom. The smallest absolute Gasteiger partial charge is 0.212 e. The molecule has 3 nitrogen and oxygen atoms in total. The van der Waals surface area contributed by atoms with E-state index in [0.717, 1.165) is 19.5 Å². The van der Waals surface area contributed by atoms with E-state index in [1.165, 1.54) is 12.3 Å². The van der Waals surface area contributed by atoms with Gasteiger partial charge in [-0.2, -0.15) is 4.39 Å². The molecule has 4 heteroatoms. The Morgan fingerprint density at radius 3 is 2.62 bits per heavy atom. The van der Waals surface area contributed by atoms with Crippen LogP contribution >= 0.6 is 0 Å². The molecule has 0 amide bonds. The Balaban J connectivity index is 0.000000132. The maximum Gasteiger partial charge on any atom is 0.212 e. The van der Waals surface area contributed by atoms with Crippen molar-refractivity contribution in [2.45, 2.75) is 12.5 Å². The van der Waals surface area contributed by atoms with E-state index in [9.17, 15) is 4.39 Å². The summed E-state index contributed by atoms with van der Waals surface area (Å²) in [5.41, 5.74) is 5.47. The fraction of sp³-hybridized carbons (Fsp3) is 0.444. The van der Waals surface area contributed by atoms with E-state index in [0.29, 0.717) is 6.04 Å². The predicted molar refractivity (Wildman–Crippen MR) is 49.7 cm³/mol. The Hall–Kier alpha value is -1.00. The van der Waals surface area contributed by atoms with E-state index in [1.54, 1.807) is 12.1 Å². The van der Waals surface area contributed by atoms with Gasteiger partial charge in [-0.25, -0.2) is 4.98 Å². The Labute approximate surface area is 77.2 Å². The number of halogens is 1. The Morgan fingerprint density at radius 1 is 1.54 bits per heavy atom. The molecule has 1 aromatic heterocycles. The van der Waals surface area contributed by atoms with E-state index in [2.05, 4.69) is 10.3 Å². The largest absolute Gasteiger partial charge is 0.327 e. The lowest BCUT2D eigenvalue weighted by Crippen LogP contribution is -2.21. The van der Waals surface area contributed by atoms with Crippen LogP contribution in [0.25, 0.3) is 0 Å². The normalized spacial score (nSPS) is 20.6. The molecule has 0 radical (unpaired) electrons. The van der Waals surface area contributed by atoms with Crippen LogP contribution in [-0.4, -0.2) is 24.1 Å². The summed E-state index contributed by atoms with van der Waals surface area (Å²) < 4.78 is 11.8. The molecule has 1 aromatic rings. The van der Waals surface area contributed by atoms with Gasteiger partial charge in [-0.3, -0.25) is 0 Å². The predicted octanol–water partition coefficient (Wildman–Crippen LogP) is 0.528. The van der Waals surface area contributed by atoms with Gasteiger partial charge in [0.05, 0.1) is 0 Å². The minimum Gasteiger partial charge on any atom is -0.327 e. The molecular formula is C9H14FN3. The van der Waals surface area contributed by atoms with Crippen molar-refractivity contribution in [3.8, 4) is 0 Å². The second-order valence-electron chi connectivity index (χ2n) is 2.91. The number of nitrogens with one attached hydrogen (secondary N) is 1. The average molecular weight is 183 g/mol. The van der Waals surface area contributed by atoms with Gasteiger partial charge in [0.1, 0.15) is 0 Å². The van der Waals surface area contributed by atoms with Crippen LogP contribution in [0.5, 0.6) is 0 Å². The number of aromatic nitrogens is 1. The lowest BCUT2D eigenvalue weighted by atomic mass is 10.3. The highest BCUT2D eigenvalue weighted by atomic mass is 19.1. The third-order valence-corrected chi connectivity index (χ3v) is 1.73. The quantitative estimate of drug-likeness (QED) is 0.577. The summed E-state index contributed by atoms with van der Waals surface area (Å²) in [5.74, 6) is -0.428. The van der Waals surface area contributed by atoms with Crippen LogP contribution in [0.15, 0.2) is 24.4 Å². The molecule has 1 aliphatic rings. The molecule has 72 valence electrons. The van der Waals surface area contributed by atoms with Crippen LogP contribution in [0, 0.1) is 5.95 Å². The second kappa shape index (κ2) is 5.61. The minimum absolute atomic E-state index is 0.428. The van der Waals surface area contributed by atoms with E-state index in [4.69, 9.17) is 5.73 Å². The van der Waals surface area contributed by atoms with Gasteiger partial charge in [-0.1, -0.05) is 6.07 Å². The lowest BCUT2D eigenvalue weighted by Gasteiger charge is -1.91. The fourth-order valence-corrected chi connectivity index (χ4v) is 1.02. The number of nitrogens with zero attached hydrogens (tertiary/aromatic N) is 1. The summed E-state index contributed by atoms with van der Waals surface area (Å²) in [6.45, 7) is 2.13. The molecule has 0 saturated carbocycles. The fourth-order valence-electron chi connectivity index (χ4n) is 1.02. The van der Waals surface area contributed by atoms with Crippen molar-refractivity contribution in [2.24, 2.45) is 5.73 Å². The first kappa shape index (κ1) is 10.1. The van der Waals surface area contributed by atoms with Crippen LogP contribution in [0.4, 0.5) is 4.39 Å². The molecule has 1 atom stereocenters. The van der Waals surface area contributed by atoms with Gasteiger partial charge < -0.3 is 11.1 Å². The molecule has 0 spiro atoms. The topological polar surface area (TPSA) is 50.9 Å². The molecule has 0 aliphatic carbocycles. The van der Waals surface area contributed by atoms with Gasteiger partial charge in [-0.05, 0) is 25.1 Å². The summed E-state index contributed by atoms with van der Waals surface area (Å²) >= 11 is 0. The molecule has 13 heavy (non-hydrogen) atoms. The highest BCUT2D eigenvalue weighted by Gasteiger charge is 2.06. The summed E-state index contributed by atoms with van der Waals surface area (Å²) in [4.78, 5) is 3.31. The summed E-state index contributed by atoms with van der Waals surface area (Å²) in [7, 11) is 0. The molecule has 2 heterocycles. The molecular weight excluding hydrogens is 169 g/mol. The van der Waals surface area contributed by atoms with Crippen LogP contribution in [0.3, 0.4) is 0 Å². The molecule has 0 aromatic carbocycles. The molecule has 1 fully saturated rings. The second-order valence-corrected chi connectivity index (χ2v) is 2.91. The van der Waals surface area contributed by atoms with Crippen molar-refractivity contribution >= 4 is 0 Å². The van der Waals surface area contributed by atoms with Gasteiger partial charge in [-0.15, -0.1) is 0 Å². The van der Waals surface area contributed by atoms with Crippen molar-refractivity contribution < 1.29 is 4.39 Å². The van der Waals surface area contributed by atoms with Crippen molar-refractivity contribution in [2.75, 3.05) is 13.1 Å². The third-order valence-electron chi connectivity index (χ3n) is 1.73. The van der Waals surface area contributed by atoms with E-state index in [-0.39, 0.29) is 0 Å². The van der Waals surface area contributed by atoms with Gasteiger partial charge in [0.15, 0.2) is 0 Å². The first-order chi connectivity index (χ1) is 6.29. The Kier molecular flexibility index (Phi) is 4.35. The zero-order valence-corrected chi connectivity index (χ0v) is 7.41. The maximum absolute atomic E-state index is 11.8. The van der Waals surface area contributed by atoms with Gasteiger partial charge in [0.2, 0.25) is 5.95 Å². The van der Waals surface area contributed by atoms with Crippen molar-refractivity contribution in [1.29, 1.82) is 0 Å². The summed E-state index contributed by atoms with van der Waals surface area (Å²) in [6.07, 6.45) is 2.56. The molecule has 0 bridgehead atoms. The number of pyridine rings is 1. The molecule has 0 unspecified atom stereocenters. The number of rotatable bonds is 0. The summed E-state index contributed by atoms with van der Waals surface area (Å²) in [6, 6.07) is 5.01. The highest BCUT2D eigenvalue weighted by molar-refractivity contribution is 4.90. The van der Waals surface area contributed by atoms with Crippen LogP contribution in [0.1, 0.15) is 6.42 Å². The van der Waals surface area contributed by atoms with Gasteiger partial charge in [0, 0.05) is 18.8 Å². The third kappa shape index (κ3) is 4.55. The number of nitrogens with two attached hydrogens (primary N) is 1. The molecule has 2 rings (SSSR count). The van der Waals surface area contributed by atoms with Crippen molar-refractivity contribution in [3.63, 3.8) is 0 Å². The zero-order valence-electron chi connectivity index (χ0n) is 7.41. The number of hydrogen-bond acceptors (Lipinski definition) is 3. The minimum atomic E-state index is -0.428. The van der Waals surface area contributed by atoms with Gasteiger partial charge in [0.25, 0.3) is 0 Å². The number of hydrogen-bond donors (Lipinski definition) is 2. The van der Waals surface area contributed by atoms with Crippen LogP contribution in [0.2, 0.25) is 0 Å².